The Bertz CT molecular complexity index is 625. The summed E-state index contributed by atoms with van der Waals surface area (Å²) in [5.41, 5.74) is 0.945. The first-order chi connectivity index (χ1) is 11.2. The number of pyridine rings is 1. The lowest BCUT2D eigenvalue weighted by Gasteiger charge is -2.27. The number of nitrogens with one attached hydrogen (secondary N) is 2. The largest absolute Gasteiger partial charge is 0.335 e. The van der Waals surface area contributed by atoms with Gasteiger partial charge in [-0.2, -0.15) is 5.10 Å². The molecule has 7 heteroatoms. The van der Waals surface area contributed by atoms with Crippen LogP contribution >= 0.6 is 0 Å². The molecule has 122 valence electrons. The molecule has 0 saturated heterocycles. The highest BCUT2D eigenvalue weighted by molar-refractivity contribution is 5.74. The number of nitrogens with zero attached hydrogens (tertiary/aromatic N) is 4. The molecule has 1 saturated carbocycles. The van der Waals surface area contributed by atoms with Crippen LogP contribution in [0.3, 0.4) is 0 Å². The third kappa shape index (κ3) is 4.28. The van der Waals surface area contributed by atoms with Gasteiger partial charge in [-0.25, -0.2) is 19.4 Å². The maximum atomic E-state index is 12.0. The fourth-order valence-electron chi connectivity index (χ4n) is 2.97. The molecule has 2 N–H and O–H groups in total. The number of rotatable bonds is 4. The van der Waals surface area contributed by atoms with Gasteiger partial charge in [0.1, 0.15) is 12.7 Å². The van der Waals surface area contributed by atoms with E-state index in [0.717, 1.165) is 18.4 Å². The summed E-state index contributed by atoms with van der Waals surface area (Å²) in [6, 6.07) is 3.97. The van der Waals surface area contributed by atoms with Crippen LogP contribution in [0.5, 0.6) is 0 Å². The van der Waals surface area contributed by atoms with E-state index in [4.69, 9.17) is 0 Å². The minimum Gasteiger partial charge on any atom is -0.335 e. The fraction of sp³-hybridized carbons (Fsp3) is 0.500. The van der Waals surface area contributed by atoms with Gasteiger partial charge in [-0.3, -0.25) is 0 Å². The number of urea groups is 1. The van der Waals surface area contributed by atoms with E-state index in [1.54, 1.807) is 17.2 Å². The maximum absolute atomic E-state index is 12.0. The highest BCUT2D eigenvalue weighted by Crippen LogP contribution is 2.23. The van der Waals surface area contributed by atoms with Crippen molar-refractivity contribution in [3.63, 3.8) is 0 Å². The predicted molar refractivity (Wildman–Crippen MR) is 85.9 cm³/mol. The first-order valence-corrected chi connectivity index (χ1v) is 8.05. The average Bonchev–Trinajstić information content (AvgIpc) is 3.08. The summed E-state index contributed by atoms with van der Waals surface area (Å²) in [7, 11) is 0. The van der Waals surface area contributed by atoms with E-state index in [9.17, 15) is 4.79 Å². The van der Waals surface area contributed by atoms with Crippen LogP contribution < -0.4 is 10.6 Å². The normalized spacial score (nSPS) is 20.9. The van der Waals surface area contributed by atoms with Crippen molar-refractivity contribution in [2.24, 2.45) is 5.92 Å². The van der Waals surface area contributed by atoms with Crippen molar-refractivity contribution in [2.45, 2.75) is 45.2 Å². The summed E-state index contributed by atoms with van der Waals surface area (Å²) >= 11 is 0. The van der Waals surface area contributed by atoms with Crippen molar-refractivity contribution in [1.29, 1.82) is 0 Å². The topological polar surface area (TPSA) is 84.7 Å². The molecule has 0 aromatic carbocycles. The quantitative estimate of drug-likeness (QED) is 0.904. The highest BCUT2D eigenvalue weighted by atomic mass is 16.2. The summed E-state index contributed by atoms with van der Waals surface area (Å²) in [5, 5.41) is 9.98. The Hall–Kier alpha value is -2.44. The van der Waals surface area contributed by atoms with Gasteiger partial charge in [0, 0.05) is 18.8 Å². The molecular formula is C16H22N6O. The molecule has 2 heterocycles. The van der Waals surface area contributed by atoms with Crippen LogP contribution in [0.1, 0.15) is 38.2 Å². The summed E-state index contributed by atoms with van der Waals surface area (Å²) in [4.78, 5) is 20.2. The molecule has 7 nitrogen and oxygen atoms in total. The molecule has 0 spiro atoms. The second-order valence-electron chi connectivity index (χ2n) is 6.16. The van der Waals surface area contributed by atoms with Crippen LogP contribution in [0.2, 0.25) is 0 Å². The van der Waals surface area contributed by atoms with Gasteiger partial charge < -0.3 is 10.6 Å². The lowest BCUT2D eigenvalue weighted by molar-refractivity contribution is 0.227. The molecule has 3 rings (SSSR count). The number of carbonyl (C=O) groups excluding carboxylic acids is 1. The average molecular weight is 314 g/mol. The molecule has 2 aromatic heterocycles. The third-order valence-corrected chi connectivity index (χ3v) is 4.19. The lowest BCUT2D eigenvalue weighted by atomic mass is 9.87. The summed E-state index contributed by atoms with van der Waals surface area (Å²) in [6.07, 6.45) is 9.41. The number of aromatic nitrogens is 4. The molecule has 1 aliphatic rings. The van der Waals surface area contributed by atoms with E-state index in [2.05, 4.69) is 32.6 Å². The number of carbonyl (C=O) groups is 1. The molecule has 2 amide bonds. The summed E-state index contributed by atoms with van der Waals surface area (Å²) in [5.74, 6) is 1.40. The molecule has 2 aromatic rings. The van der Waals surface area contributed by atoms with Crippen molar-refractivity contribution < 1.29 is 4.79 Å². The van der Waals surface area contributed by atoms with Crippen molar-refractivity contribution in [1.82, 2.24) is 30.4 Å². The van der Waals surface area contributed by atoms with Crippen molar-refractivity contribution >= 4 is 6.03 Å². The van der Waals surface area contributed by atoms with Crippen LogP contribution in [0.4, 0.5) is 4.79 Å². The first kappa shape index (κ1) is 15.5. The zero-order chi connectivity index (χ0) is 16.1. The molecule has 23 heavy (non-hydrogen) atoms. The Balaban J connectivity index is 1.47. The summed E-state index contributed by atoms with van der Waals surface area (Å²) in [6.45, 7) is 2.70. The Morgan fingerprint density at radius 3 is 3.00 bits per heavy atom. The van der Waals surface area contributed by atoms with Gasteiger partial charge in [0.05, 0.1) is 0 Å². The Morgan fingerprint density at radius 2 is 2.30 bits per heavy atom. The van der Waals surface area contributed by atoms with E-state index < -0.39 is 0 Å². The van der Waals surface area contributed by atoms with Gasteiger partial charge in [0.15, 0.2) is 5.82 Å². The maximum Gasteiger partial charge on any atom is 0.315 e. The smallest absolute Gasteiger partial charge is 0.315 e. The Morgan fingerprint density at radius 1 is 1.39 bits per heavy atom. The van der Waals surface area contributed by atoms with Crippen LogP contribution in [0, 0.1) is 5.92 Å². The van der Waals surface area contributed by atoms with Crippen molar-refractivity contribution in [3.8, 4) is 5.82 Å². The second-order valence-corrected chi connectivity index (χ2v) is 6.16. The van der Waals surface area contributed by atoms with E-state index in [1.165, 1.54) is 19.2 Å². The highest BCUT2D eigenvalue weighted by Gasteiger charge is 2.20. The third-order valence-electron chi connectivity index (χ3n) is 4.19. The molecule has 1 aliphatic carbocycles. The molecule has 0 aliphatic heterocycles. The lowest BCUT2D eigenvalue weighted by Crippen LogP contribution is -2.43. The van der Waals surface area contributed by atoms with E-state index in [1.807, 2.05) is 12.1 Å². The van der Waals surface area contributed by atoms with Crippen LogP contribution in [-0.2, 0) is 6.54 Å². The summed E-state index contributed by atoms with van der Waals surface area (Å²) < 4.78 is 1.59. The van der Waals surface area contributed by atoms with E-state index in [-0.39, 0.29) is 6.03 Å². The van der Waals surface area contributed by atoms with E-state index >= 15 is 0 Å². The van der Waals surface area contributed by atoms with Gasteiger partial charge in [-0.05, 0) is 30.4 Å². The van der Waals surface area contributed by atoms with Crippen molar-refractivity contribution in [3.05, 3.63) is 36.5 Å². The fourth-order valence-corrected chi connectivity index (χ4v) is 2.97. The molecule has 1 fully saturated rings. The first-order valence-electron chi connectivity index (χ1n) is 8.05. The monoisotopic (exact) mass is 314 g/mol. The Labute approximate surface area is 135 Å². The minimum absolute atomic E-state index is 0.107. The van der Waals surface area contributed by atoms with Gasteiger partial charge in [0.25, 0.3) is 0 Å². The van der Waals surface area contributed by atoms with Gasteiger partial charge in [-0.15, -0.1) is 0 Å². The van der Waals surface area contributed by atoms with Gasteiger partial charge in [0.2, 0.25) is 0 Å². The molecule has 0 unspecified atom stereocenters. The van der Waals surface area contributed by atoms with Gasteiger partial charge in [-0.1, -0.05) is 25.8 Å². The standard InChI is InChI=1S/C16H22N6O/c1-12-3-2-4-14(7-12)21-16(23)19-9-13-5-6-15(18-8-13)22-11-17-10-20-22/h5-6,8,10-12,14H,2-4,7,9H2,1H3,(H2,19,21,23)/t12-,14+/m0/s1. The zero-order valence-electron chi connectivity index (χ0n) is 13.3. The number of hydrogen-bond acceptors (Lipinski definition) is 4. The predicted octanol–water partition coefficient (Wildman–Crippen LogP) is 2.04. The SMILES string of the molecule is C[C@H]1CCC[C@@H](NC(=O)NCc2ccc(-n3cncn3)nc2)C1. The molecule has 0 radical (unpaired) electrons. The number of hydrogen-bond donors (Lipinski definition) is 2. The Kier molecular flexibility index (Phi) is 4.85. The molecular weight excluding hydrogens is 292 g/mol. The van der Waals surface area contributed by atoms with Crippen LogP contribution in [0.15, 0.2) is 31.0 Å². The second kappa shape index (κ2) is 7.21. The van der Waals surface area contributed by atoms with Crippen LogP contribution in [0.25, 0.3) is 5.82 Å². The van der Waals surface area contributed by atoms with Crippen LogP contribution in [-0.4, -0.2) is 31.8 Å². The van der Waals surface area contributed by atoms with E-state index in [0.29, 0.717) is 24.3 Å². The molecule has 2 atom stereocenters. The van der Waals surface area contributed by atoms with Crippen molar-refractivity contribution in [2.75, 3.05) is 0 Å². The number of amides is 2. The zero-order valence-corrected chi connectivity index (χ0v) is 13.3. The van der Waals surface area contributed by atoms with Gasteiger partial charge >= 0.3 is 6.03 Å². The molecule has 0 bridgehead atoms. The minimum atomic E-state index is -0.107.